The van der Waals surface area contributed by atoms with Crippen LogP contribution in [0.15, 0.2) is 0 Å². The molecule has 1 heterocycles. The molecule has 0 aromatic rings. The van der Waals surface area contributed by atoms with E-state index in [1.165, 1.54) is 45.2 Å². The molecule has 1 unspecified atom stereocenters. The quantitative estimate of drug-likeness (QED) is 0.775. The maximum absolute atomic E-state index is 10.4. The third-order valence-corrected chi connectivity index (χ3v) is 4.23. The van der Waals surface area contributed by atoms with Crippen molar-refractivity contribution in [1.82, 2.24) is 4.90 Å². The molecule has 1 aliphatic heterocycles. The molecule has 0 bridgehead atoms. The lowest BCUT2D eigenvalue weighted by Crippen LogP contribution is -2.45. The summed E-state index contributed by atoms with van der Waals surface area (Å²) in [6.07, 6.45) is 8.53. The summed E-state index contributed by atoms with van der Waals surface area (Å²) in [4.78, 5) is 2.50. The topological polar surface area (TPSA) is 23.5 Å². The molecule has 0 aromatic heterocycles. The van der Waals surface area contributed by atoms with Gasteiger partial charge in [-0.3, -0.25) is 0 Å². The third-order valence-electron chi connectivity index (χ3n) is 4.23. The van der Waals surface area contributed by atoms with E-state index < -0.39 is 0 Å². The van der Waals surface area contributed by atoms with Crippen molar-refractivity contribution in [2.24, 2.45) is 5.92 Å². The second-order valence-corrected chi connectivity index (χ2v) is 5.58. The number of likely N-dealkylation sites (tertiary alicyclic amines) is 1. The Labute approximate surface area is 93.7 Å². The normalized spacial score (nSPS) is 32.0. The number of rotatable bonds is 3. The highest BCUT2D eigenvalue weighted by molar-refractivity contribution is 4.88. The minimum atomic E-state index is -0.338. The van der Waals surface area contributed by atoms with Crippen LogP contribution < -0.4 is 0 Å². The van der Waals surface area contributed by atoms with E-state index in [-0.39, 0.29) is 5.60 Å². The smallest absolute Gasteiger partial charge is 0.0774 e. The van der Waals surface area contributed by atoms with Crippen molar-refractivity contribution in [3.63, 3.8) is 0 Å². The molecule has 2 aliphatic rings. The number of nitrogens with zero attached hydrogens (tertiary/aromatic N) is 1. The Morgan fingerprint density at radius 1 is 1.27 bits per heavy atom. The van der Waals surface area contributed by atoms with Crippen LogP contribution >= 0.6 is 0 Å². The van der Waals surface area contributed by atoms with Gasteiger partial charge in [-0.05, 0) is 38.1 Å². The molecule has 2 nitrogen and oxygen atoms in total. The van der Waals surface area contributed by atoms with Crippen molar-refractivity contribution in [2.75, 3.05) is 19.6 Å². The molecule has 15 heavy (non-hydrogen) atoms. The van der Waals surface area contributed by atoms with Crippen molar-refractivity contribution >= 4 is 0 Å². The lowest BCUT2D eigenvalue weighted by atomic mass is 9.93. The maximum Gasteiger partial charge on any atom is 0.0774 e. The fourth-order valence-corrected chi connectivity index (χ4v) is 3.24. The third kappa shape index (κ3) is 2.94. The van der Waals surface area contributed by atoms with Gasteiger partial charge in [-0.15, -0.1) is 0 Å². The van der Waals surface area contributed by atoms with E-state index in [1.807, 2.05) is 0 Å². The number of hydrogen-bond donors (Lipinski definition) is 1. The Balaban J connectivity index is 1.83. The van der Waals surface area contributed by atoms with Crippen LogP contribution in [0.4, 0.5) is 0 Å². The highest BCUT2D eigenvalue weighted by atomic mass is 16.3. The van der Waals surface area contributed by atoms with E-state index in [1.54, 1.807) is 0 Å². The molecular formula is C13H25NO. The summed E-state index contributed by atoms with van der Waals surface area (Å²) < 4.78 is 0. The number of piperidine rings is 1. The van der Waals surface area contributed by atoms with Gasteiger partial charge in [0.25, 0.3) is 0 Å². The number of hydrogen-bond acceptors (Lipinski definition) is 2. The number of aliphatic hydroxyl groups is 1. The average Bonchev–Trinajstić information content (AvgIpc) is 2.65. The zero-order valence-corrected chi connectivity index (χ0v) is 10.0. The second-order valence-electron chi connectivity index (χ2n) is 5.58. The predicted octanol–water partition coefficient (Wildman–Crippen LogP) is 2.41. The highest BCUT2D eigenvalue weighted by Crippen LogP contribution is 2.31. The van der Waals surface area contributed by atoms with Gasteiger partial charge in [0.15, 0.2) is 0 Å². The molecule has 0 spiro atoms. The van der Waals surface area contributed by atoms with Crippen molar-refractivity contribution in [3.8, 4) is 0 Å². The first kappa shape index (κ1) is 11.4. The van der Waals surface area contributed by atoms with Crippen LogP contribution in [-0.2, 0) is 0 Å². The number of β-amino-alcohol motifs (C(OH)–C–C–N with tert-alkyl or cyclic N) is 1. The van der Waals surface area contributed by atoms with Gasteiger partial charge in [0, 0.05) is 13.1 Å². The molecular weight excluding hydrogens is 186 g/mol. The minimum absolute atomic E-state index is 0.338. The largest absolute Gasteiger partial charge is 0.389 e. The molecule has 1 N–H and O–H groups in total. The van der Waals surface area contributed by atoms with Gasteiger partial charge in [-0.1, -0.05) is 26.2 Å². The van der Waals surface area contributed by atoms with Crippen LogP contribution in [0.1, 0.15) is 51.9 Å². The molecule has 1 aliphatic carbocycles. The SMILES string of the molecule is CCC1CCCN(CC2(O)CCCC2)C1. The summed E-state index contributed by atoms with van der Waals surface area (Å²) in [6.45, 7) is 5.65. The zero-order chi connectivity index (χ0) is 10.7. The van der Waals surface area contributed by atoms with Crippen LogP contribution in [-0.4, -0.2) is 35.2 Å². The van der Waals surface area contributed by atoms with Crippen LogP contribution in [0, 0.1) is 5.92 Å². The summed E-state index contributed by atoms with van der Waals surface area (Å²) in [5.41, 5.74) is -0.338. The van der Waals surface area contributed by atoms with Gasteiger partial charge in [-0.2, -0.15) is 0 Å². The molecule has 1 saturated heterocycles. The highest BCUT2D eigenvalue weighted by Gasteiger charge is 2.34. The maximum atomic E-state index is 10.4. The Kier molecular flexibility index (Phi) is 3.68. The first-order valence-corrected chi connectivity index (χ1v) is 6.66. The summed E-state index contributed by atoms with van der Waals surface area (Å²) in [7, 11) is 0. The lowest BCUT2D eigenvalue weighted by Gasteiger charge is -2.37. The van der Waals surface area contributed by atoms with Crippen molar-refractivity contribution in [1.29, 1.82) is 0 Å². The monoisotopic (exact) mass is 211 g/mol. The molecule has 1 saturated carbocycles. The summed E-state index contributed by atoms with van der Waals surface area (Å²) >= 11 is 0. The zero-order valence-electron chi connectivity index (χ0n) is 10.0. The van der Waals surface area contributed by atoms with Gasteiger partial charge in [-0.25, -0.2) is 0 Å². The summed E-state index contributed by atoms with van der Waals surface area (Å²) in [5.74, 6) is 0.878. The van der Waals surface area contributed by atoms with Gasteiger partial charge in [0.2, 0.25) is 0 Å². The van der Waals surface area contributed by atoms with E-state index in [4.69, 9.17) is 0 Å². The molecule has 0 radical (unpaired) electrons. The molecule has 0 aromatic carbocycles. The van der Waals surface area contributed by atoms with E-state index in [0.29, 0.717) is 0 Å². The first-order chi connectivity index (χ1) is 7.22. The van der Waals surface area contributed by atoms with E-state index in [2.05, 4.69) is 11.8 Å². The molecule has 2 rings (SSSR count). The minimum Gasteiger partial charge on any atom is -0.389 e. The van der Waals surface area contributed by atoms with Crippen LogP contribution in [0.3, 0.4) is 0 Å². The molecule has 2 heteroatoms. The van der Waals surface area contributed by atoms with Crippen molar-refractivity contribution < 1.29 is 5.11 Å². The van der Waals surface area contributed by atoms with E-state index in [9.17, 15) is 5.11 Å². The molecule has 2 fully saturated rings. The van der Waals surface area contributed by atoms with Crippen molar-refractivity contribution in [3.05, 3.63) is 0 Å². The molecule has 88 valence electrons. The Morgan fingerprint density at radius 3 is 2.67 bits per heavy atom. The van der Waals surface area contributed by atoms with Gasteiger partial charge < -0.3 is 10.0 Å². The van der Waals surface area contributed by atoms with Gasteiger partial charge >= 0.3 is 0 Å². The van der Waals surface area contributed by atoms with Crippen LogP contribution in [0.2, 0.25) is 0 Å². The fraction of sp³-hybridized carbons (Fsp3) is 1.00. The van der Waals surface area contributed by atoms with Crippen LogP contribution in [0.5, 0.6) is 0 Å². The first-order valence-electron chi connectivity index (χ1n) is 6.66. The molecule has 0 amide bonds. The molecule has 1 atom stereocenters. The van der Waals surface area contributed by atoms with E-state index in [0.717, 1.165) is 25.3 Å². The standard InChI is InChI=1S/C13H25NO/c1-2-12-6-5-9-14(10-12)11-13(15)7-3-4-8-13/h12,15H,2-11H2,1H3. The Hall–Kier alpha value is -0.0800. The Bertz CT molecular complexity index is 199. The van der Waals surface area contributed by atoms with E-state index >= 15 is 0 Å². The van der Waals surface area contributed by atoms with Crippen molar-refractivity contribution in [2.45, 2.75) is 57.5 Å². The van der Waals surface area contributed by atoms with Gasteiger partial charge in [0.05, 0.1) is 5.60 Å². The Morgan fingerprint density at radius 2 is 2.00 bits per heavy atom. The predicted molar refractivity (Wildman–Crippen MR) is 62.9 cm³/mol. The summed E-state index contributed by atoms with van der Waals surface area (Å²) in [6, 6.07) is 0. The lowest BCUT2D eigenvalue weighted by molar-refractivity contribution is -0.00240. The summed E-state index contributed by atoms with van der Waals surface area (Å²) in [5, 5.41) is 10.4. The van der Waals surface area contributed by atoms with Gasteiger partial charge in [0.1, 0.15) is 0 Å². The second kappa shape index (κ2) is 4.84. The average molecular weight is 211 g/mol. The van der Waals surface area contributed by atoms with Crippen LogP contribution in [0.25, 0.3) is 0 Å². The fourth-order valence-electron chi connectivity index (χ4n) is 3.24.